The van der Waals surface area contributed by atoms with Crippen molar-refractivity contribution in [3.8, 4) is 0 Å². The van der Waals surface area contributed by atoms with Gasteiger partial charge in [0.25, 0.3) is 0 Å². The predicted octanol–water partition coefficient (Wildman–Crippen LogP) is 1.54. The molecular formula is C5H4ClN3. The van der Waals surface area contributed by atoms with Crippen LogP contribution < -0.4 is 0 Å². The second-order valence-electron chi connectivity index (χ2n) is 1.80. The molecule has 0 aliphatic carbocycles. The Morgan fingerprint density at radius 2 is 2.44 bits per heavy atom. The van der Waals surface area contributed by atoms with Gasteiger partial charge in [-0.05, 0) is 0 Å². The normalized spacial score (nSPS) is 10.8. The summed E-state index contributed by atoms with van der Waals surface area (Å²) in [6.07, 6.45) is 3.47. The molecule has 0 amide bonds. The van der Waals surface area contributed by atoms with E-state index >= 15 is 0 Å². The van der Waals surface area contributed by atoms with Gasteiger partial charge in [0.05, 0.1) is 17.1 Å². The zero-order valence-electron chi connectivity index (χ0n) is 4.48. The molecule has 2 aromatic heterocycles. The van der Waals surface area contributed by atoms with E-state index in [0.29, 0.717) is 5.15 Å². The van der Waals surface area contributed by atoms with Gasteiger partial charge in [-0.25, -0.2) is 0 Å². The first-order valence-electron chi connectivity index (χ1n) is 2.54. The van der Waals surface area contributed by atoms with E-state index in [1.165, 1.54) is 0 Å². The van der Waals surface area contributed by atoms with Gasteiger partial charge in [-0.1, -0.05) is 11.6 Å². The Labute approximate surface area is 56.0 Å². The number of nitrogens with one attached hydrogen (secondary N) is 2. The van der Waals surface area contributed by atoms with Gasteiger partial charge >= 0.3 is 0 Å². The lowest BCUT2D eigenvalue weighted by Crippen LogP contribution is -1.61. The lowest BCUT2D eigenvalue weighted by atomic mass is 10.4. The molecule has 0 saturated carbocycles. The maximum absolute atomic E-state index is 5.70. The molecule has 2 N–H and O–H groups in total. The Balaban J connectivity index is 2.99. The maximum atomic E-state index is 5.70. The number of aromatic amines is 2. The third kappa shape index (κ3) is 0.549. The summed E-state index contributed by atoms with van der Waals surface area (Å²) in [5.41, 5.74) is 0.944. The quantitative estimate of drug-likeness (QED) is 0.575. The SMILES string of the molecule is Clc1[nH]cc2[nH]ncc12. The fourth-order valence-corrected chi connectivity index (χ4v) is 0.999. The van der Waals surface area contributed by atoms with Gasteiger partial charge in [-0.2, -0.15) is 5.10 Å². The lowest BCUT2D eigenvalue weighted by molar-refractivity contribution is 1.11. The number of nitrogens with zero attached hydrogens (tertiary/aromatic N) is 1. The second kappa shape index (κ2) is 1.51. The van der Waals surface area contributed by atoms with Crippen LogP contribution in [0.15, 0.2) is 12.4 Å². The van der Waals surface area contributed by atoms with Crippen molar-refractivity contribution in [2.24, 2.45) is 0 Å². The van der Waals surface area contributed by atoms with E-state index in [1.807, 2.05) is 0 Å². The average Bonchev–Trinajstić information content (AvgIpc) is 2.35. The zero-order chi connectivity index (χ0) is 6.27. The summed E-state index contributed by atoms with van der Waals surface area (Å²) in [4.78, 5) is 2.85. The molecule has 0 atom stereocenters. The largest absolute Gasteiger partial charge is 0.350 e. The maximum Gasteiger partial charge on any atom is 0.117 e. The second-order valence-corrected chi connectivity index (χ2v) is 2.18. The average molecular weight is 142 g/mol. The van der Waals surface area contributed by atoms with Crippen LogP contribution in [0.5, 0.6) is 0 Å². The van der Waals surface area contributed by atoms with Gasteiger partial charge in [-0.15, -0.1) is 0 Å². The van der Waals surface area contributed by atoms with Crippen molar-refractivity contribution in [2.75, 3.05) is 0 Å². The van der Waals surface area contributed by atoms with E-state index in [-0.39, 0.29) is 0 Å². The smallest absolute Gasteiger partial charge is 0.117 e. The molecule has 46 valence electrons. The molecule has 0 spiro atoms. The van der Waals surface area contributed by atoms with Gasteiger partial charge in [0, 0.05) is 6.20 Å². The molecule has 0 aliphatic rings. The van der Waals surface area contributed by atoms with Crippen molar-refractivity contribution in [3.05, 3.63) is 17.5 Å². The number of hydrogen-bond acceptors (Lipinski definition) is 1. The minimum Gasteiger partial charge on any atom is -0.350 e. The predicted molar refractivity (Wildman–Crippen MR) is 35.5 cm³/mol. The molecule has 0 aliphatic heterocycles. The summed E-state index contributed by atoms with van der Waals surface area (Å²) in [5.74, 6) is 0. The van der Waals surface area contributed by atoms with Gasteiger partial charge in [0.2, 0.25) is 0 Å². The third-order valence-electron chi connectivity index (χ3n) is 1.25. The summed E-state index contributed by atoms with van der Waals surface area (Å²) < 4.78 is 0. The van der Waals surface area contributed by atoms with Crippen molar-refractivity contribution in [1.29, 1.82) is 0 Å². The minimum atomic E-state index is 0.638. The first-order valence-corrected chi connectivity index (χ1v) is 2.91. The molecule has 2 heterocycles. The van der Waals surface area contributed by atoms with Crippen LogP contribution in [0, 0.1) is 0 Å². The highest BCUT2D eigenvalue weighted by atomic mass is 35.5. The third-order valence-corrected chi connectivity index (χ3v) is 1.56. The van der Waals surface area contributed by atoms with Crippen LogP contribution in [0.25, 0.3) is 10.9 Å². The fraction of sp³-hybridized carbons (Fsp3) is 0. The summed E-state index contributed by atoms with van der Waals surface area (Å²) >= 11 is 5.70. The van der Waals surface area contributed by atoms with Crippen molar-refractivity contribution in [3.63, 3.8) is 0 Å². The number of H-pyrrole nitrogens is 2. The molecule has 9 heavy (non-hydrogen) atoms. The monoisotopic (exact) mass is 141 g/mol. The Hall–Kier alpha value is -0.960. The molecule has 0 aromatic carbocycles. The molecule has 4 heteroatoms. The number of rotatable bonds is 0. The number of fused-ring (bicyclic) bond motifs is 1. The van der Waals surface area contributed by atoms with Crippen LogP contribution >= 0.6 is 11.6 Å². The molecule has 0 unspecified atom stereocenters. The summed E-state index contributed by atoms with van der Waals surface area (Å²) in [6.45, 7) is 0. The van der Waals surface area contributed by atoms with Crippen LogP contribution in [0.4, 0.5) is 0 Å². The first-order chi connectivity index (χ1) is 4.38. The Bertz CT molecular complexity index is 321. The molecule has 2 rings (SSSR count). The summed E-state index contributed by atoms with van der Waals surface area (Å²) in [5, 5.41) is 8.15. The number of aromatic nitrogens is 3. The molecule has 2 aromatic rings. The molecule has 0 radical (unpaired) electrons. The highest BCUT2D eigenvalue weighted by molar-refractivity contribution is 6.34. The van der Waals surface area contributed by atoms with E-state index in [1.54, 1.807) is 12.4 Å². The van der Waals surface area contributed by atoms with Crippen LogP contribution in [0.1, 0.15) is 0 Å². The van der Waals surface area contributed by atoms with Crippen LogP contribution in [0.2, 0.25) is 5.15 Å². The van der Waals surface area contributed by atoms with Crippen LogP contribution in [-0.4, -0.2) is 15.2 Å². The summed E-state index contributed by atoms with van der Waals surface area (Å²) in [7, 11) is 0. The standard InChI is InChI=1S/C5H4ClN3/c6-5-3-1-8-9-4(3)2-7-5/h1-2,7,9H. The number of halogens is 1. The Kier molecular flexibility index (Phi) is 0.818. The highest BCUT2D eigenvalue weighted by Crippen LogP contribution is 2.18. The van der Waals surface area contributed by atoms with E-state index in [0.717, 1.165) is 10.9 Å². The Morgan fingerprint density at radius 3 is 3.22 bits per heavy atom. The number of hydrogen-bond donors (Lipinski definition) is 2. The minimum absolute atomic E-state index is 0.638. The van der Waals surface area contributed by atoms with Crippen molar-refractivity contribution >= 4 is 22.5 Å². The van der Waals surface area contributed by atoms with Crippen molar-refractivity contribution in [1.82, 2.24) is 15.2 Å². The highest BCUT2D eigenvalue weighted by Gasteiger charge is 1.99. The zero-order valence-corrected chi connectivity index (χ0v) is 5.24. The molecule has 0 bridgehead atoms. The lowest BCUT2D eigenvalue weighted by Gasteiger charge is -1.72. The van der Waals surface area contributed by atoms with Gasteiger partial charge < -0.3 is 4.98 Å². The van der Waals surface area contributed by atoms with E-state index < -0.39 is 0 Å². The topological polar surface area (TPSA) is 44.5 Å². The van der Waals surface area contributed by atoms with E-state index in [4.69, 9.17) is 11.6 Å². The van der Waals surface area contributed by atoms with Gasteiger partial charge in [0.15, 0.2) is 0 Å². The van der Waals surface area contributed by atoms with E-state index in [2.05, 4.69) is 15.2 Å². The van der Waals surface area contributed by atoms with Crippen molar-refractivity contribution < 1.29 is 0 Å². The van der Waals surface area contributed by atoms with E-state index in [9.17, 15) is 0 Å². The van der Waals surface area contributed by atoms with Gasteiger partial charge in [0.1, 0.15) is 5.15 Å². The Morgan fingerprint density at radius 1 is 1.56 bits per heavy atom. The molecular weight excluding hydrogens is 138 g/mol. The van der Waals surface area contributed by atoms with Gasteiger partial charge in [-0.3, -0.25) is 5.10 Å². The fourth-order valence-electron chi connectivity index (χ4n) is 0.794. The first kappa shape index (κ1) is 4.88. The van der Waals surface area contributed by atoms with Crippen LogP contribution in [-0.2, 0) is 0 Å². The van der Waals surface area contributed by atoms with Crippen LogP contribution in [0.3, 0.4) is 0 Å². The molecule has 0 fully saturated rings. The molecule has 3 nitrogen and oxygen atoms in total. The molecule has 0 saturated heterocycles. The van der Waals surface area contributed by atoms with Crippen molar-refractivity contribution in [2.45, 2.75) is 0 Å². The summed E-state index contributed by atoms with van der Waals surface area (Å²) in [6, 6.07) is 0.